The Bertz CT molecular complexity index is 207. The molecule has 0 spiro atoms. The molecule has 0 aliphatic heterocycles. The smallest absolute Gasteiger partial charge is 0.0789 e. The molecule has 0 bridgehead atoms. The van der Waals surface area contributed by atoms with E-state index in [4.69, 9.17) is 0 Å². The summed E-state index contributed by atoms with van der Waals surface area (Å²) >= 11 is 0. The maximum Gasteiger partial charge on any atom is 0.0789 e. The Morgan fingerprint density at radius 3 is 2.38 bits per heavy atom. The molecule has 0 aliphatic carbocycles. The quantitative estimate of drug-likeness (QED) is 0.644. The lowest BCUT2D eigenvalue weighted by Crippen LogP contribution is -2.07. The Morgan fingerprint density at radius 2 is 2.00 bits per heavy atom. The molecule has 74 valence electrons. The minimum atomic E-state index is -0.363. The van der Waals surface area contributed by atoms with Crippen LogP contribution in [0.2, 0.25) is 0 Å². The minimum absolute atomic E-state index is 0.363. The second kappa shape index (κ2) is 6.67. The van der Waals surface area contributed by atoms with Gasteiger partial charge in [-0.15, -0.1) is 0 Å². The number of aliphatic hydroxyl groups excluding tert-OH is 1. The summed E-state index contributed by atoms with van der Waals surface area (Å²) in [5.41, 5.74) is 2.13. The zero-order valence-electron chi connectivity index (χ0n) is 8.88. The molecule has 1 N–H and O–H groups in total. The molecule has 13 heavy (non-hydrogen) atoms. The highest BCUT2D eigenvalue weighted by Gasteiger charge is 2.04. The van der Waals surface area contributed by atoms with Crippen LogP contribution in [0.5, 0.6) is 0 Å². The standard InChI is InChI=1S/C12H20O/c1-5-7-12(13)11(6-2)9-8-10(3)4/h6,8-9,12-13H,2,5,7H2,1,3-4H3. The van der Waals surface area contributed by atoms with E-state index in [0.717, 1.165) is 18.4 Å². The van der Waals surface area contributed by atoms with Crippen molar-refractivity contribution in [1.82, 2.24) is 0 Å². The summed E-state index contributed by atoms with van der Waals surface area (Å²) in [6.45, 7) is 9.81. The molecule has 0 amide bonds. The second-order valence-electron chi connectivity index (χ2n) is 3.42. The Balaban J connectivity index is 4.40. The molecule has 0 aliphatic rings. The molecule has 1 unspecified atom stereocenters. The van der Waals surface area contributed by atoms with Crippen LogP contribution >= 0.6 is 0 Å². The fraction of sp³-hybridized carbons (Fsp3) is 0.500. The molecule has 0 aromatic rings. The van der Waals surface area contributed by atoms with Gasteiger partial charge in [0, 0.05) is 0 Å². The first-order valence-electron chi connectivity index (χ1n) is 4.77. The third kappa shape index (κ3) is 5.42. The van der Waals surface area contributed by atoms with Crippen molar-refractivity contribution < 1.29 is 5.11 Å². The Hall–Kier alpha value is -0.820. The SMILES string of the molecule is C=CC(=CC=C(C)C)C(O)CCC. The van der Waals surface area contributed by atoms with Gasteiger partial charge in [-0.2, -0.15) is 0 Å². The maximum atomic E-state index is 9.65. The molecule has 1 atom stereocenters. The lowest BCUT2D eigenvalue weighted by Gasteiger charge is -2.09. The van der Waals surface area contributed by atoms with Crippen molar-refractivity contribution in [3.63, 3.8) is 0 Å². The van der Waals surface area contributed by atoms with Crippen molar-refractivity contribution in [1.29, 1.82) is 0 Å². The van der Waals surface area contributed by atoms with Gasteiger partial charge in [-0.05, 0) is 25.8 Å². The van der Waals surface area contributed by atoms with Gasteiger partial charge in [0.1, 0.15) is 0 Å². The molecular weight excluding hydrogens is 160 g/mol. The Labute approximate surface area is 81.5 Å². The van der Waals surface area contributed by atoms with Gasteiger partial charge in [-0.25, -0.2) is 0 Å². The molecule has 0 heterocycles. The fourth-order valence-corrected chi connectivity index (χ4v) is 1.02. The van der Waals surface area contributed by atoms with Crippen molar-refractivity contribution in [2.24, 2.45) is 0 Å². The number of rotatable bonds is 5. The van der Waals surface area contributed by atoms with Crippen LogP contribution in [0.25, 0.3) is 0 Å². The Morgan fingerprint density at radius 1 is 1.38 bits per heavy atom. The highest BCUT2D eigenvalue weighted by Crippen LogP contribution is 2.10. The summed E-state index contributed by atoms with van der Waals surface area (Å²) in [7, 11) is 0. The van der Waals surface area contributed by atoms with Crippen molar-refractivity contribution in [2.75, 3.05) is 0 Å². The molecule has 0 saturated heterocycles. The van der Waals surface area contributed by atoms with Gasteiger partial charge in [0.2, 0.25) is 0 Å². The van der Waals surface area contributed by atoms with E-state index in [1.807, 2.05) is 26.0 Å². The lowest BCUT2D eigenvalue weighted by atomic mass is 10.0. The highest BCUT2D eigenvalue weighted by atomic mass is 16.3. The predicted molar refractivity (Wildman–Crippen MR) is 58.6 cm³/mol. The number of aliphatic hydroxyl groups is 1. The number of hydrogen-bond donors (Lipinski definition) is 1. The zero-order chi connectivity index (χ0) is 10.3. The van der Waals surface area contributed by atoms with Gasteiger partial charge < -0.3 is 5.11 Å². The van der Waals surface area contributed by atoms with E-state index in [1.165, 1.54) is 5.57 Å². The summed E-state index contributed by atoms with van der Waals surface area (Å²) in [5.74, 6) is 0. The summed E-state index contributed by atoms with van der Waals surface area (Å²) < 4.78 is 0. The van der Waals surface area contributed by atoms with Crippen LogP contribution in [0, 0.1) is 0 Å². The summed E-state index contributed by atoms with van der Waals surface area (Å²) in [6.07, 6.45) is 7.08. The van der Waals surface area contributed by atoms with E-state index in [2.05, 4.69) is 13.5 Å². The van der Waals surface area contributed by atoms with Gasteiger partial charge >= 0.3 is 0 Å². The third-order valence-corrected chi connectivity index (χ3v) is 1.79. The van der Waals surface area contributed by atoms with Gasteiger partial charge in [0.15, 0.2) is 0 Å². The minimum Gasteiger partial charge on any atom is -0.388 e. The maximum absolute atomic E-state index is 9.65. The van der Waals surface area contributed by atoms with Crippen molar-refractivity contribution in [3.05, 3.63) is 36.0 Å². The van der Waals surface area contributed by atoms with Crippen molar-refractivity contribution >= 4 is 0 Å². The van der Waals surface area contributed by atoms with Crippen molar-refractivity contribution in [2.45, 2.75) is 39.7 Å². The normalized spacial score (nSPS) is 13.7. The largest absolute Gasteiger partial charge is 0.388 e. The van der Waals surface area contributed by atoms with Crippen LogP contribution in [-0.2, 0) is 0 Å². The molecule has 0 fully saturated rings. The second-order valence-corrected chi connectivity index (χ2v) is 3.42. The van der Waals surface area contributed by atoms with Crippen LogP contribution in [-0.4, -0.2) is 11.2 Å². The zero-order valence-corrected chi connectivity index (χ0v) is 8.88. The predicted octanol–water partition coefficient (Wildman–Crippen LogP) is 3.23. The van der Waals surface area contributed by atoms with Gasteiger partial charge in [0.05, 0.1) is 6.10 Å². The molecule has 1 nitrogen and oxygen atoms in total. The average Bonchev–Trinajstić information content (AvgIpc) is 2.05. The van der Waals surface area contributed by atoms with Crippen LogP contribution in [0.15, 0.2) is 36.0 Å². The molecule has 0 saturated carbocycles. The van der Waals surface area contributed by atoms with E-state index in [1.54, 1.807) is 6.08 Å². The number of hydrogen-bond acceptors (Lipinski definition) is 1. The molecule has 1 heteroatoms. The number of allylic oxidation sites excluding steroid dienone is 3. The first kappa shape index (κ1) is 12.2. The lowest BCUT2D eigenvalue weighted by molar-refractivity contribution is 0.203. The van der Waals surface area contributed by atoms with Crippen LogP contribution in [0.1, 0.15) is 33.6 Å². The summed E-state index contributed by atoms with van der Waals surface area (Å²) in [5, 5.41) is 9.65. The molecule has 0 aromatic carbocycles. The van der Waals surface area contributed by atoms with Gasteiger partial charge in [0.25, 0.3) is 0 Å². The first-order valence-corrected chi connectivity index (χ1v) is 4.77. The molecular formula is C12H20O. The topological polar surface area (TPSA) is 20.2 Å². The van der Waals surface area contributed by atoms with E-state index < -0.39 is 0 Å². The monoisotopic (exact) mass is 180 g/mol. The fourth-order valence-electron chi connectivity index (χ4n) is 1.02. The Kier molecular flexibility index (Phi) is 6.25. The van der Waals surface area contributed by atoms with Crippen LogP contribution in [0.3, 0.4) is 0 Å². The van der Waals surface area contributed by atoms with E-state index in [9.17, 15) is 5.11 Å². The molecule has 0 rings (SSSR count). The highest BCUT2D eigenvalue weighted by molar-refractivity contribution is 5.26. The van der Waals surface area contributed by atoms with Crippen molar-refractivity contribution in [3.8, 4) is 0 Å². The van der Waals surface area contributed by atoms with Gasteiger partial charge in [-0.1, -0.05) is 43.7 Å². The van der Waals surface area contributed by atoms with Crippen LogP contribution < -0.4 is 0 Å². The third-order valence-electron chi connectivity index (χ3n) is 1.79. The van der Waals surface area contributed by atoms with E-state index in [-0.39, 0.29) is 6.10 Å². The van der Waals surface area contributed by atoms with Gasteiger partial charge in [-0.3, -0.25) is 0 Å². The summed E-state index contributed by atoms with van der Waals surface area (Å²) in [6, 6.07) is 0. The summed E-state index contributed by atoms with van der Waals surface area (Å²) in [4.78, 5) is 0. The van der Waals surface area contributed by atoms with E-state index >= 15 is 0 Å². The average molecular weight is 180 g/mol. The van der Waals surface area contributed by atoms with E-state index in [0.29, 0.717) is 0 Å². The molecule has 0 aromatic heterocycles. The van der Waals surface area contributed by atoms with Crippen LogP contribution in [0.4, 0.5) is 0 Å². The molecule has 0 radical (unpaired) electrons. The first-order chi connectivity index (χ1) is 6.11.